The Balaban J connectivity index is 2.35. The zero-order valence-corrected chi connectivity index (χ0v) is 13.8. The van der Waals surface area contributed by atoms with Crippen molar-refractivity contribution in [1.82, 2.24) is 0 Å². The number of hydrogen-bond donors (Lipinski definition) is 1. The number of rotatable bonds is 4. The first-order chi connectivity index (χ1) is 9.96. The van der Waals surface area contributed by atoms with Gasteiger partial charge in [-0.05, 0) is 35.9 Å². The molecule has 0 aliphatic heterocycles. The van der Waals surface area contributed by atoms with Crippen molar-refractivity contribution in [2.75, 3.05) is 4.72 Å². The molecule has 0 bridgehead atoms. The summed E-state index contributed by atoms with van der Waals surface area (Å²) in [5.74, 6) is 0. The van der Waals surface area contributed by atoms with Crippen molar-refractivity contribution in [3.63, 3.8) is 0 Å². The highest BCUT2D eigenvalue weighted by Gasteiger charge is 2.16. The quantitative estimate of drug-likeness (QED) is 0.811. The highest BCUT2D eigenvalue weighted by molar-refractivity contribution is 9.08. The normalized spacial score (nSPS) is 10.9. The third kappa shape index (κ3) is 3.76. The molecule has 2 aromatic rings. The van der Waals surface area contributed by atoms with Crippen molar-refractivity contribution >= 4 is 43.2 Å². The fraction of sp³-hybridized carbons (Fsp3) is 0.0714. The Morgan fingerprint density at radius 3 is 2.43 bits per heavy atom. The average Bonchev–Trinajstić information content (AvgIpc) is 2.49. The lowest BCUT2D eigenvalue weighted by Gasteiger charge is -2.10. The van der Waals surface area contributed by atoms with Gasteiger partial charge < -0.3 is 0 Å². The molecule has 4 nitrogen and oxygen atoms in total. The van der Waals surface area contributed by atoms with Gasteiger partial charge in [-0.3, -0.25) is 4.72 Å². The van der Waals surface area contributed by atoms with Crippen LogP contribution in [0.4, 0.5) is 5.69 Å². The minimum absolute atomic E-state index is 0.130. The average molecular weight is 386 g/mol. The second-order valence-corrected chi connectivity index (χ2v) is 6.84. The summed E-state index contributed by atoms with van der Waals surface area (Å²) in [5.41, 5.74) is 1.48. The molecule has 0 aliphatic carbocycles. The Kier molecular flexibility index (Phi) is 4.88. The third-order valence-corrected chi connectivity index (χ3v) is 5.09. The van der Waals surface area contributed by atoms with Gasteiger partial charge in [-0.2, -0.15) is 5.26 Å². The Hall–Kier alpha value is -1.55. The number of nitriles is 1. The van der Waals surface area contributed by atoms with E-state index in [1.54, 1.807) is 12.1 Å². The largest absolute Gasteiger partial charge is 0.278 e. The van der Waals surface area contributed by atoms with Gasteiger partial charge in [0.1, 0.15) is 0 Å². The molecule has 7 heteroatoms. The smallest absolute Gasteiger partial charge is 0.261 e. The van der Waals surface area contributed by atoms with Crippen molar-refractivity contribution in [1.29, 1.82) is 5.26 Å². The first-order valence-electron chi connectivity index (χ1n) is 5.83. The van der Waals surface area contributed by atoms with Crippen LogP contribution in [-0.4, -0.2) is 8.42 Å². The number of alkyl halides is 1. The Bertz CT molecular complexity index is 799. The molecule has 0 aliphatic rings. The lowest BCUT2D eigenvalue weighted by Crippen LogP contribution is -2.13. The Morgan fingerprint density at radius 1 is 1.19 bits per heavy atom. The van der Waals surface area contributed by atoms with Gasteiger partial charge in [-0.1, -0.05) is 39.7 Å². The highest BCUT2D eigenvalue weighted by atomic mass is 79.9. The van der Waals surface area contributed by atoms with Gasteiger partial charge in [-0.15, -0.1) is 0 Å². The first kappa shape index (κ1) is 15.8. The van der Waals surface area contributed by atoms with Gasteiger partial charge in [0, 0.05) is 5.33 Å². The van der Waals surface area contributed by atoms with E-state index in [4.69, 9.17) is 16.9 Å². The minimum Gasteiger partial charge on any atom is -0.278 e. The Morgan fingerprint density at radius 2 is 1.86 bits per heavy atom. The molecular formula is C14H10BrClN2O2S. The maximum Gasteiger partial charge on any atom is 0.261 e. The molecule has 0 unspecified atom stereocenters. The van der Waals surface area contributed by atoms with E-state index in [2.05, 4.69) is 20.7 Å². The molecule has 2 aromatic carbocycles. The van der Waals surface area contributed by atoms with Crippen LogP contribution in [-0.2, 0) is 15.4 Å². The number of benzene rings is 2. The van der Waals surface area contributed by atoms with Gasteiger partial charge in [0.05, 0.1) is 27.2 Å². The molecule has 0 radical (unpaired) electrons. The summed E-state index contributed by atoms with van der Waals surface area (Å²) in [6.07, 6.45) is 0. The van der Waals surface area contributed by atoms with E-state index < -0.39 is 10.0 Å². The van der Waals surface area contributed by atoms with Crippen LogP contribution < -0.4 is 4.72 Å². The van der Waals surface area contributed by atoms with Crippen molar-refractivity contribution < 1.29 is 8.42 Å². The molecule has 1 N–H and O–H groups in total. The van der Waals surface area contributed by atoms with E-state index in [0.717, 1.165) is 5.56 Å². The number of nitrogens with one attached hydrogen (secondary N) is 1. The summed E-state index contributed by atoms with van der Waals surface area (Å²) in [6.45, 7) is 0. The van der Waals surface area contributed by atoms with Crippen LogP contribution in [0.2, 0.25) is 5.02 Å². The number of hydrogen-bond acceptors (Lipinski definition) is 3. The second-order valence-electron chi connectivity index (χ2n) is 4.19. The fourth-order valence-electron chi connectivity index (χ4n) is 1.63. The molecule has 0 saturated carbocycles. The first-order valence-corrected chi connectivity index (χ1v) is 8.82. The van der Waals surface area contributed by atoms with Gasteiger partial charge >= 0.3 is 0 Å². The van der Waals surface area contributed by atoms with Crippen molar-refractivity contribution in [2.45, 2.75) is 10.2 Å². The summed E-state index contributed by atoms with van der Waals surface area (Å²) in [5, 5.41) is 9.73. The van der Waals surface area contributed by atoms with E-state index >= 15 is 0 Å². The molecule has 0 amide bonds. The minimum atomic E-state index is -3.74. The van der Waals surface area contributed by atoms with E-state index in [-0.39, 0.29) is 15.6 Å². The SMILES string of the molecule is N#Cc1ccc(Cl)c(NS(=O)(=O)c2ccc(CBr)cc2)c1. The van der Waals surface area contributed by atoms with Gasteiger partial charge in [0.25, 0.3) is 10.0 Å². The van der Waals surface area contributed by atoms with E-state index in [9.17, 15) is 8.42 Å². The van der Waals surface area contributed by atoms with Gasteiger partial charge in [0.2, 0.25) is 0 Å². The molecule has 2 rings (SSSR count). The van der Waals surface area contributed by atoms with Gasteiger partial charge in [0.15, 0.2) is 0 Å². The number of nitrogens with zero attached hydrogens (tertiary/aromatic N) is 1. The zero-order valence-electron chi connectivity index (χ0n) is 10.7. The Labute approximate surface area is 136 Å². The van der Waals surface area contributed by atoms with Crippen molar-refractivity contribution in [3.05, 3.63) is 58.6 Å². The predicted molar refractivity (Wildman–Crippen MR) is 86.0 cm³/mol. The van der Waals surface area contributed by atoms with Crippen LogP contribution in [0, 0.1) is 11.3 Å². The molecule has 21 heavy (non-hydrogen) atoms. The second kappa shape index (κ2) is 6.48. The lowest BCUT2D eigenvalue weighted by molar-refractivity contribution is 0.601. The van der Waals surface area contributed by atoms with Crippen LogP contribution in [0.25, 0.3) is 0 Å². The topological polar surface area (TPSA) is 70.0 Å². The van der Waals surface area contributed by atoms with Crippen molar-refractivity contribution in [3.8, 4) is 6.07 Å². The maximum absolute atomic E-state index is 12.3. The maximum atomic E-state index is 12.3. The molecule has 0 fully saturated rings. The summed E-state index contributed by atoms with van der Waals surface area (Å²) < 4.78 is 27.0. The molecule has 0 heterocycles. The lowest BCUT2D eigenvalue weighted by atomic mass is 10.2. The number of anilines is 1. The van der Waals surface area contributed by atoms with Crippen LogP contribution in [0.1, 0.15) is 11.1 Å². The molecule has 108 valence electrons. The van der Waals surface area contributed by atoms with E-state index in [0.29, 0.717) is 10.9 Å². The predicted octanol–water partition coefficient (Wildman–Crippen LogP) is 3.91. The van der Waals surface area contributed by atoms with Crippen LogP contribution in [0.15, 0.2) is 47.4 Å². The summed E-state index contributed by atoms with van der Waals surface area (Å²) in [7, 11) is -3.74. The standard InChI is InChI=1S/C14H10BrClN2O2S/c15-8-10-1-4-12(5-2-10)21(19,20)18-14-7-11(9-17)3-6-13(14)16/h1-7,18H,8H2. The highest BCUT2D eigenvalue weighted by Crippen LogP contribution is 2.26. The monoisotopic (exact) mass is 384 g/mol. The van der Waals surface area contributed by atoms with Crippen molar-refractivity contribution in [2.24, 2.45) is 0 Å². The fourth-order valence-corrected chi connectivity index (χ4v) is 3.30. The number of halogens is 2. The third-order valence-electron chi connectivity index (χ3n) is 2.73. The van der Waals surface area contributed by atoms with Crippen LogP contribution in [0.3, 0.4) is 0 Å². The molecular weight excluding hydrogens is 376 g/mol. The molecule has 0 aromatic heterocycles. The summed E-state index contributed by atoms with van der Waals surface area (Å²) >= 11 is 9.25. The van der Waals surface area contributed by atoms with Crippen LogP contribution >= 0.6 is 27.5 Å². The zero-order chi connectivity index (χ0) is 15.5. The molecule has 0 atom stereocenters. The summed E-state index contributed by atoms with van der Waals surface area (Å²) in [6, 6.07) is 12.8. The van der Waals surface area contributed by atoms with E-state index in [1.165, 1.54) is 30.3 Å². The molecule has 0 saturated heterocycles. The molecule has 0 spiro atoms. The van der Waals surface area contributed by atoms with E-state index in [1.807, 2.05) is 6.07 Å². The van der Waals surface area contributed by atoms with Gasteiger partial charge in [-0.25, -0.2) is 8.42 Å². The van der Waals surface area contributed by atoms with Crippen LogP contribution in [0.5, 0.6) is 0 Å². The number of sulfonamides is 1. The summed E-state index contributed by atoms with van der Waals surface area (Å²) in [4.78, 5) is 0.130.